The van der Waals surface area contributed by atoms with E-state index in [9.17, 15) is 14.4 Å². The normalized spacial score (nSPS) is 28.9. The Morgan fingerprint density at radius 1 is 1.18 bits per heavy atom. The number of fused-ring (bicyclic) bond motifs is 1. The van der Waals surface area contributed by atoms with Crippen LogP contribution in [0.1, 0.15) is 54.6 Å². The summed E-state index contributed by atoms with van der Waals surface area (Å²) < 4.78 is 0. The number of hydrogen-bond acceptors (Lipinski definition) is 5. The third kappa shape index (κ3) is 3.56. The van der Waals surface area contributed by atoms with E-state index >= 15 is 0 Å². The van der Waals surface area contributed by atoms with Gasteiger partial charge in [-0.3, -0.25) is 24.6 Å². The lowest BCUT2D eigenvalue weighted by Crippen LogP contribution is -2.52. The molecule has 3 unspecified atom stereocenters. The van der Waals surface area contributed by atoms with Crippen LogP contribution in [-0.2, 0) is 22.7 Å². The van der Waals surface area contributed by atoms with Gasteiger partial charge in [-0.05, 0) is 43.9 Å². The van der Waals surface area contributed by atoms with Crippen LogP contribution in [0.5, 0.6) is 0 Å². The molecular weight excluding hydrogens is 356 g/mol. The number of imide groups is 1. The Hall–Kier alpha value is -2.25. The molecule has 3 amide bonds. The maximum absolute atomic E-state index is 13.0. The van der Waals surface area contributed by atoms with E-state index in [4.69, 9.17) is 0 Å². The first-order chi connectivity index (χ1) is 13.4. The molecule has 0 aromatic heterocycles. The van der Waals surface area contributed by atoms with Gasteiger partial charge in [-0.25, -0.2) is 0 Å². The minimum Gasteiger partial charge on any atom is -0.322 e. The molecule has 2 saturated heterocycles. The van der Waals surface area contributed by atoms with Gasteiger partial charge in [-0.15, -0.1) is 0 Å². The second-order valence-electron chi connectivity index (χ2n) is 8.25. The zero-order chi connectivity index (χ0) is 19.8. The highest BCUT2D eigenvalue weighted by Gasteiger charge is 2.39. The molecular formula is C21H28N4O3. The first-order valence-electron chi connectivity index (χ1n) is 10.2. The Morgan fingerprint density at radius 2 is 2.00 bits per heavy atom. The summed E-state index contributed by atoms with van der Waals surface area (Å²) in [6, 6.07) is 6.28. The van der Waals surface area contributed by atoms with Crippen molar-refractivity contribution in [3.8, 4) is 0 Å². The van der Waals surface area contributed by atoms with Crippen molar-refractivity contribution in [1.29, 1.82) is 0 Å². The van der Waals surface area contributed by atoms with Crippen LogP contribution in [0.4, 0.5) is 0 Å². The number of amides is 3. The average molecular weight is 384 g/mol. The summed E-state index contributed by atoms with van der Waals surface area (Å²) in [5, 5.41) is 5.90. The number of carbonyl (C=O) groups is 3. The molecule has 0 spiro atoms. The van der Waals surface area contributed by atoms with Crippen molar-refractivity contribution in [2.24, 2.45) is 0 Å². The fourth-order valence-corrected chi connectivity index (χ4v) is 4.67. The molecule has 2 fully saturated rings. The van der Waals surface area contributed by atoms with E-state index in [0.717, 1.165) is 37.2 Å². The van der Waals surface area contributed by atoms with Crippen LogP contribution >= 0.6 is 0 Å². The number of nitrogens with zero attached hydrogens (tertiary/aromatic N) is 2. The van der Waals surface area contributed by atoms with Crippen molar-refractivity contribution in [2.45, 2.75) is 64.3 Å². The quantitative estimate of drug-likeness (QED) is 0.761. The lowest BCUT2D eigenvalue weighted by atomic mass is 10.0. The van der Waals surface area contributed by atoms with Crippen LogP contribution < -0.4 is 10.6 Å². The maximum atomic E-state index is 13.0. The van der Waals surface area contributed by atoms with Crippen molar-refractivity contribution in [3.05, 3.63) is 34.9 Å². The minimum atomic E-state index is -0.562. The number of rotatable bonds is 3. The van der Waals surface area contributed by atoms with Crippen LogP contribution in [0.25, 0.3) is 0 Å². The Morgan fingerprint density at radius 3 is 2.79 bits per heavy atom. The van der Waals surface area contributed by atoms with E-state index in [1.165, 1.54) is 0 Å². The molecule has 3 aliphatic heterocycles. The smallest absolute Gasteiger partial charge is 0.255 e. The van der Waals surface area contributed by atoms with Gasteiger partial charge >= 0.3 is 0 Å². The van der Waals surface area contributed by atoms with Crippen molar-refractivity contribution in [2.75, 3.05) is 13.1 Å². The lowest BCUT2D eigenvalue weighted by Gasteiger charge is -2.30. The van der Waals surface area contributed by atoms with E-state index in [1.807, 2.05) is 12.1 Å². The highest BCUT2D eigenvalue weighted by Crippen LogP contribution is 2.31. The van der Waals surface area contributed by atoms with Crippen LogP contribution in [0, 0.1) is 0 Å². The van der Waals surface area contributed by atoms with Crippen LogP contribution in [0.15, 0.2) is 18.2 Å². The topological polar surface area (TPSA) is 81.8 Å². The Kier molecular flexibility index (Phi) is 5.21. The molecule has 3 atom stereocenters. The summed E-state index contributed by atoms with van der Waals surface area (Å²) in [7, 11) is 0. The largest absolute Gasteiger partial charge is 0.322 e. The highest BCUT2D eigenvalue weighted by molar-refractivity contribution is 6.05. The second kappa shape index (κ2) is 7.64. The Bertz CT molecular complexity index is 809. The number of piperidine rings is 1. The van der Waals surface area contributed by atoms with Gasteiger partial charge in [0.05, 0.1) is 0 Å². The number of benzene rings is 1. The lowest BCUT2D eigenvalue weighted by molar-refractivity contribution is -0.136. The van der Waals surface area contributed by atoms with Crippen LogP contribution in [-0.4, -0.2) is 58.7 Å². The summed E-state index contributed by atoms with van der Waals surface area (Å²) in [5.74, 6) is -0.727. The number of hydrogen-bond donors (Lipinski definition) is 2. The van der Waals surface area contributed by atoms with Gasteiger partial charge in [0.15, 0.2) is 0 Å². The summed E-state index contributed by atoms with van der Waals surface area (Å²) in [5.41, 5.74) is 2.87. The predicted octanol–water partition coefficient (Wildman–Crippen LogP) is 1.02. The molecule has 7 heteroatoms. The van der Waals surface area contributed by atoms with Gasteiger partial charge in [0, 0.05) is 50.2 Å². The van der Waals surface area contributed by atoms with Crippen molar-refractivity contribution in [1.82, 2.24) is 20.4 Å². The summed E-state index contributed by atoms with van der Waals surface area (Å²) in [4.78, 5) is 40.8. The molecule has 150 valence electrons. The van der Waals surface area contributed by atoms with E-state index in [2.05, 4.69) is 35.4 Å². The Labute approximate surface area is 165 Å². The fraction of sp³-hybridized carbons (Fsp3) is 0.571. The first-order valence-corrected chi connectivity index (χ1v) is 10.2. The molecule has 0 saturated carbocycles. The van der Waals surface area contributed by atoms with Crippen LogP contribution in [0.3, 0.4) is 0 Å². The summed E-state index contributed by atoms with van der Waals surface area (Å²) >= 11 is 0. The van der Waals surface area contributed by atoms with E-state index in [0.29, 0.717) is 30.6 Å². The molecule has 2 N–H and O–H groups in total. The standard InChI is InChI=1S/C21H28N4O3/c1-13-10-14(2)24(9-8-22-13)11-15-4-3-5-16-17(15)12-25(21(16)28)18-6-7-19(26)23-20(18)27/h3-5,13-14,18,22H,6-12H2,1-2H3,(H,23,26,27). The first kappa shape index (κ1) is 19.1. The van der Waals surface area contributed by atoms with Gasteiger partial charge in [-0.1, -0.05) is 12.1 Å². The zero-order valence-corrected chi connectivity index (χ0v) is 16.5. The highest BCUT2D eigenvalue weighted by atomic mass is 16.2. The van der Waals surface area contributed by atoms with Gasteiger partial charge in [-0.2, -0.15) is 0 Å². The molecule has 3 aliphatic rings. The molecule has 0 bridgehead atoms. The molecule has 0 aliphatic carbocycles. The second-order valence-corrected chi connectivity index (χ2v) is 8.25. The average Bonchev–Trinajstić information content (AvgIpc) is 2.89. The molecule has 28 heavy (non-hydrogen) atoms. The molecule has 0 radical (unpaired) electrons. The molecule has 1 aromatic carbocycles. The van der Waals surface area contributed by atoms with Crippen molar-refractivity contribution in [3.63, 3.8) is 0 Å². The fourth-order valence-electron chi connectivity index (χ4n) is 4.67. The summed E-state index contributed by atoms with van der Waals surface area (Å²) in [6.45, 7) is 7.65. The number of nitrogens with one attached hydrogen (secondary N) is 2. The summed E-state index contributed by atoms with van der Waals surface area (Å²) in [6.07, 6.45) is 1.77. The predicted molar refractivity (Wildman–Crippen MR) is 104 cm³/mol. The van der Waals surface area contributed by atoms with Gasteiger partial charge in [0.2, 0.25) is 11.8 Å². The van der Waals surface area contributed by atoms with Gasteiger partial charge in [0.1, 0.15) is 6.04 Å². The van der Waals surface area contributed by atoms with Gasteiger partial charge < -0.3 is 10.2 Å². The molecule has 3 heterocycles. The van der Waals surface area contributed by atoms with Crippen molar-refractivity contribution < 1.29 is 14.4 Å². The number of carbonyl (C=O) groups excluding carboxylic acids is 3. The van der Waals surface area contributed by atoms with E-state index in [-0.39, 0.29) is 24.1 Å². The molecule has 7 nitrogen and oxygen atoms in total. The van der Waals surface area contributed by atoms with Crippen LogP contribution in [0.2, 0.25) is 0 Å². The molecule has 4 rings (SSSR count). The van der Waals surface area contributed by atoms with E-state index in [1.54, 1.807) is 4.90 Å². The molecule has 1 aromatic rings. The third-order valence-electron chi connectivity index (χ3n) is 6.26. The Balaban J connectivity index is 1.54. The third-order valence-corrected chi connectivity index (χ3v) is 6.26. The van der Waals surface area contributed by atoms with Crippen molar-refractivity contribution >= 4 is 17.7 Å². The monoisotopic (exact) mass is 384 g/mol. The maximum Gasteiger partial charge on any atom is 0.255 e. The minimum absolute atomic E-state index is 0.106. The van der Waals surface area contributed by atoms with Gasteiger partial charge in [0.25, 0.3) is 5.91 Å². The zero-order valence-electron chi connectivity index (χ0n) is 16.5. The van der Waals surface area contributed by atoms with E-state index < -0.39 is 6.04 Å². The SMILES string of the molecule is CC1CC(C)N(Cc2cccc3c2CN(C2CCC(=O)NC2=O)C3=O)CCN1.